The first-order valence-electron chi connectivity index (χ1n) is 8.35. The largest absolute Gasteiger partial charge is 0.823 e. The molecule has 1 aliphatic heterocycles. The van der Waals surface area contributed by atoms with E-state index in [9.17, 15) is 9.90 Å². The van der Waals surface area contributed by atoms with Gasteiger partial charge in [0.25, 0.3) is 0 Å². The third kappa shape index (κ3) is 3.85. The molecule has 0 fully saturated rings. The number of carbonyl (C=O) groups is 1. The Morgan fingerprint density at radius 2 is 1.62 bits per heavy atom. The van der Waals surface area contributed by atoms with Gasteiger partial charge in [0.15, 0.2) is 0 Å². The van der Waals surface area contributed by atoms with Gasteiger partial charge in [-0.1, -0.05) is 71.9 Å². The summed E-state index contributed by atoms with van der Waals surface area (Å²) in [5.74, 6) is 0.671. The minimum atomic E-state index is -1.40. The molecule has 130 valence electrons. The van der Waals surface area contributed by atoms with Crippen molar-refractivity contribution in [1.29, 1.82) is 0 Å². The zero-order valence-electron chi connectivity index (χ0n) is 15.5. The highest BCUT2D eigenvalue weighted by Gasteiger charge is 2.36. The van der Waals surface area contributed by atoms with Gasteiger partial charge in [0.1, 0.15) is 0 Å². The van der Waals surface area contributed by atoms with Crippen molar-refractivity contribution in [3.05, 3.63) is 29.3 Å². The van der Waals surface area contributed by atoms with Crippen LogP contribution in [-0.4, -0.2) is 15.9 Å². The van der Waals surface area contributed by atoms with Crippen LogP contribution in [0.15, 0.2) is 23.2 Å². The predicted molar refractivity (Wildman–Crippen MR) is 105 cm³/mol. The maximum absolute atomic E-state index is 12.1. The van der Waals surface area contributed by atoms with Crippen LogP contribution in [-0.2, 0) is 0 Å². The molecule has 0 saturated heterocycles. The second kappa shape index (κ2) is 7.16. The van der Waals surface area contributed by atoms with E-state index < -0.39 is 7.92 Å². The molecular formula is C19H26NO2P2-. The number of hydrogen-bond acceptors (Lipinski definition) is 3. The van der Waals surface area contributed by atoms with Crippen LogP contribution in [0.4, 0.5) is 10.5 Å². The molecule has 0 spiro atoms. The fourth-order valence-electron chi connectivity index (χ4n) is 2.70. The van der Waals surface area contributed by atoms with Crippen LogP contribution in [0, 0.1) is 5.41 Å². The van der Waals surface area contributed by atoms with Crippen molar-refractivity contribution >= 4 is 37.8 Å². The fraction of sp³-hybridized carbons (Fsp3) is 0.526. The van der Waals surface area contributed by atoms with Gasteiger partial charge in [0.05, 0.1) is 11.1 Å². The molecule has 0 amide bonds. The third-order valence-electron chi connectivity index (χ3n) is 4.02. The summed E-state index contributed by atoms with van der Waals surface area (Å²) in [6.07, 6.45) is 0. The monoisotopic (exact) mass is 362 g/mol. The molecule has 5 heteroatoms. The first-order valence-corrected chi connectivity index (χ1v) is 10.6. The number of carbonyl (C=O) groups excluding carboxylic acids is 1. The summed E-state index contributed by atoms with van der Waals surface area (Å²) < 4.78 is 0. The summed E-state index contributed by atoms with van der Waals surface area (Å²) in [6, 6.07) is 6.28. The molecule has 0 radical (unpaired) electrons. The van der Waals surface area contributed by atoms with E-state index in [2.05, 4.69) is 45.9 Å². The zero-order chi connectivity index (χ0) is 18.2. The SMILES string of the molecule is CC(C)c1cccc(C(C)C)c1N=C(P1C(=O)P=C1[O-])C(C)(C)C. The van der Waals surface area contributed by atoms with Crippen molar-refractivity contribution in [2.24, 2.45) is 10.4 Å². The highest BCUT2D eigenvalue weighted by molar-refractivity contribution is 8.24. The second-order valence-electron chi connectivity index (χ2n) is 7.79. The molecular weight excluding hydrogens is 336 g/mol. The highest BCUT2D eigenvalue weighted by atomic mass is 31.2. The molecule has 3 nitrogen and oxygen atoms in total. The minimum absolute atomic E-state index is 0.0387. The van der Waals surface area contributed by atoms with Gasteiger partial charge in [-0.3, -0.25) is 9.79 Å². The van der Waals surface area contributed by atoms with Gasteiger partial charge in [-0.05, 0) is 31.2 Å². The average Bonchev–Trinajstić information content (AvgIpc) is 2.45. The summed E-state index contributed by atoms with van der Waals surface area (Å²) in [5, 5.41) is 12.1. The normalized spacial score (nSPS) is 19.6. The van der Waals surface area contributed by atoms with Crippen LogP contribution >= 0.6 is 16.1 Å². The summed E-state index contributed by atoms with van der Waals surface area (Å²) in [7, 11) is -1.06. The van der Waals surface area contributed by atoms with E-state index in [4.69, 9.17) is 4.99 Å². The van der Waals surface area contributed by atoms with Crippen LogP contribution in [0.3, 0.4) is 0 Å². The summed E-state index contributed by atoms with van der Waals surface area (Å²) >= 11 is 0. The maximum Gasteiger partial charge on any atom is 0.210 e. The van der Waals surface area contributed by atoms with Crippen LogP contribution < -0.4 is 5.11 Å². The number of para-hydroxylation sites is 1. The van der Waals surface area contributed by atoms with Crippen LogP contribution in [0.25, 0.3) is 0 Å². The second-order valence-corrected chi connectivity index (χ2v) is 11.4. The van der Waals surface area contributed by atoms with Gasteiger partial charge in [-0.15, -0.1) is 0 Å². The Morgan fingerprint density at radius 1 is 1.12 bits per heavy atom. The minimum Gasteiger partial charge on any atom is -0.823 e. The molecule has 0 bridgehead atoms. The lowest BCUT2D eigenvalue weighted by atomic mass is 9.92. The smallest absolute Gasteiger partial charge is 0.210 e. The molecule has 1 atom stereocenters. The Morgan fingerprint density at radius 3 is 1.96 bits per heavy atom. The summed E-state index contributed by atoms with van der Waals surface area (Å²) in [5.41, 5.74) is 3.78. The van der Waals surface area contributed by atoms with Gasteiger partial charge in [-0.25, -0.2) is 0 Å². The highest BCUT2D eigenvalue weighted by Crippen LogP contribution is 2.58. The predicted octanol–water partition coefficient (Wildman–Crippen LogP) is 6.02. The number of rotatable bonds is 4. The number of hydrogen-bond donors (Lipinski definition) is 0. The van der Waals surface area contributed by atoms with Gasteiger partial charge >= 0.3 is 0 Å². The molecule has 0 aliphatic carbocycles. The first kappa shape index (κ1) is 19.4. The third-order valence-corrected chi connectivity index (χ3v) is 8.16. The first-order chi connectivity index (χ1) is 11.0. The van der Waals surface area contributed by atoms with E-state index in [-0.39, 0.29) is 15.9 Å². The molecule has 2 rings (SSSR count). The van der Waals surface area contributed by atoms with Crippen LogP contribution in [0.2, 0.25) is 0 Å². The van der Waals surface area contributed by atoms with Crippen molar-refractivity contribution in [1.82, 2.24) is 0 Å². The molecule has 1 aromatic rings. The summed E-state index contributed by atoms with van der Waals surface area (Å²) in [4.78, 5) is 17.1. The van der Waals surface area contributed by atoms with Crippen molar-refractivity contribution in [3.8, 4) is 0 Å². The van der Waals surface area contributed by atoms with E-state index in [0.717, 1.165) is 11.1 Å². The Balaban J connectivity index is 2.70. The van der Waals surface area contributed by atoms with Crippen molar-refractivity contribution in [3.63, 3.8) is 0 Å². The Kier molecular flexibility index (Phi) is 5.80. The Bertz CT molecular complexity index is 686. The Labute approximate surface area is 148 Å². The quantitative estimate of drug-likeness (QED) is 0.486. The maximum atomic E-state index is 12.1. The van der Waals surface area contributed by atoms with E-state index in [0.29, 0.717) is 20.0 Å². The Hall–Kier alpha value is -0.880. The molecule has 1 aliphatic rings. The lowest BCUT2D eigenvalue weighted by Crippen LogP contribution is -2.31. The van der Waals surface area contributed by atoms with E-state index >= 15 is 0 Å². The molecule has 1 heterocycles. The molecule has 1 aromatic carbocycles. The molecule has 1 unspecified atom stereocenters. The topological polar surface area (TPSA) is 52.5 Å². The molecule has 0 N–H and O–H groups in total. The van der Waals surface area contributed by atoms with Gasteiger partial charge in [0.2, 0.25) is 5.27 Å². The molecule has 0 aromatic heterocycles. The van der Waals surface area contributed by atoms with Crippen molar-refractivity contribution in [2.45, 2.75) is 60.3 Å². The van der Waals surface area contributed by atoms with Gasteiger partial charge in [-0.2, -0.15) is 0 Å². The van der Waals surface area contributed by atoms with Crippen LogP contribution in [0.5, 0.6) is 0 Å². The fourth-order valence-corrected chi connectivity index (χ4v) is 6.03. The standard InChI is InChI=1S/C19H27NO2P2/c1-11(2)13-9-8-10-14(12(3)4)15(13)20-16(19(5,6)7)24-17(21)23-18(24)22/h8-12,21H,1-7H3/p-1. The van der Waals surface area contributed by atoms with E-state index in [1.165, 1.54) is 11.1 Å². The summed E-state index contributed by atoms with van der Waals surface area (Å²) in [6.45, 7) is 14.7. The van der Waals surface area contributed by atoms with Crippen molar-refractivity contribution < 1.29 is 9.90 Å². The number of nitrogens with zero attached hydrogens (tertiary/aromatic N) is 1. The molecule has 0 saturated carbocycles. The van der Waals surface area contributed by atoms with Gasteiger partial charge < -0.3 is 5.11 Å². The van der Waals surface area contributed by atoms with Crippen molar-refractivity contribution in [2.75, 3.05) is 0 Å². The number of aliphatic imine (C=N–C) groups is 1. The lowest BCUT2D eigenvalue weighted by Gasteiger charge is -2.36. The zero-order valence-corrected chi connectivity index (χ0v) is 17.3. The lowest BCUT2D eigenvalue weighted by molar-refractivity contribution is -0.201. The van der Waals surface area contributed by atoms with E-state index in [1.54, 1.807) is 0 Å². The average molecular weight is 362 g/mol. The number of benzene rings is 1. The molecule has 24 heavy (non-hydrogen) atoms. The van der Waals surface area contributed by atoms with E-state index in [1.807, 2.05) is 20.8 Å². The van der Waals surface area contributed by atoms with Gasteiger partial charge in [0, 0.05) is 13.3 Å². The van der Waals surface area contributed by atoms with Crippen LogP contribution in [0.1, 0.15) is 71.4 Å².